The Morgan fingerprint density at radius 3 is 2.63 bits per heavy atom. The van der Waals surface area contributed by atoms with E-state index in [1.165, 1.54) is 0 Å². The van der Waals surface area contributed by atoms with Crippen LogP contribution in [0.15, 0.2) is 94.0 Å². The van der Waals surface area contributed by atoms with Crippen molar-refractivity contribution in [3.63, 3.8) is 0 Å². The van der Waals surface area contributed by atoms with Crippen molar-refractivity contribution < 1.29 is 19.0 Å². The van der Waals surface area contributed by atoms with E-state index in [1.54, 1.807) is 19.3 Å². The van der Waals surface area contributed by atoms with Crippen LogP contribution < -0.4 is 9.47 Å². The van der Waals surface area contributed by atoms with Gasteiger partial charge in [-0.1, -0.05) is 42.5 Å². The average Bonchev–Trinajstić information content (AvgIpc) is 3.22. The minimum Gasteiger partial charge on any atom is -0.493 e. The van der Waals surface area contributed by atoms with E-state index in [0.717, 1.165) is 31.0 Å². The largest absolute Gasteiger partial charge is 0.493 e. The quantitative estimate of drug-likeness (QED) is 0.128. The minimum atomic E-state index is -0.498. The Kier molecular flexibility index (Phi) is 6.88. The topological polar surface area (TPSA) is 57.1 Å². The summed E-state index contributed by atoms with van der Waals surface area (Å²) in [5.41, 5.74) is 2.75. The number of fused-ring (bicyclic) bond motifs is 1. The van der Waals surface area contributed by atoms with Crippen molar-refractivity contribution in [1.29, 1.82) is 0 Å². The average molecular weight is 640 g/mol. The highest BCUT2D eigenvalue weighted by Crippen LogP contribution is 2.38. The molecule has 1 heterocycles. The lowest BCUT2D eigenvalue weighted by atomic mass is 10.1. The van der Waals surface area contributed by atoms with Crippen LogP contribution >= 0.6 is 38.5 Å². The molecule has 0 atom stereocenters. The number of nitrogens with zero attached hydrogens (tertiary/aromatic N) is 1. The van der Waals surface area contributed by atoms with Crippen molar-refractivity contribution in [3.8, 4) is 11.5 Å². The number of hydrogen-bond donors (Lipinski definition) is 0. The van der Waals surface area contributed by atoms with Crippen LogP contribution in [0.4, 0.5) is 0 Å². The molecule has 0 radical (unpaired) electrons. The number of carbonyl (C=O) groups excluding carboxylic acids is 1. The first-order chi connectivity index (χ1) is 17.0. The number of rotatable bonds is 6. The molecule has 0 unspecified atom stereocenters. The monoisotopic (exact) mass is 639 g/mol. The maximum Gasteiger partial charge on any atom is 0.363 e. The van der Waals surface area contributed by atoms with Crippen LogP contribution in [0, 0.1) is 3.57 Å². The molecule has 1 aliphatic rings. The molecule has 0 saturated heterocycles. The first-order valence-electron chi connectivity index (χ1n) is 10.8. The Balaban J connectivity index is 1.41. The van der Waals surface area contributed by atoms with Gasteiger partial charge in [0.1, 0.15) is 6.61 Å². The number of halogens is 2. The number of esters is 1. The van der Waals surface area contributed by atoms with Crippen molar-refractivity contribution >= 4 is 67.2 Å². The van der Waals surface area contributed by atoms with E-state index < -0.39 is 5.97 Å². The predicted octanol–water partition coefficient (Wildman–Crippen LogP) is 7.14. The third-order valence-electron chi connectivity index (χ3n) is 5.44. The lowest BCUT2D eigenvalue weighted by molar-refractivity contribution is -0.129. The molecule has 0 amide bonds. The number of aliphatic imine (C=N–C) groups is 1. The molecule has 0 aromatic heterocycles. The summed E-state index contributed by atoms with van der Waals surface area (Å²) in [7, 11) is 1.58. The fourth-order valence-corrected chi connectivity index (χ4v) is 4.94. The number of ether oxygens (including phenoxy) is 3. The van der Waals surface area contributed by atoms with Gasteiger partial charge in [-0.15, -0.1) is 0 Å². The molecule has 5 rings (SSSR count). The maximum absolute atomic E-state index is 12.5. The lowest BCUT2D eigenvalue weighted by Gasteiger charge is -2.14. The standard InChI is InChI=1S/C28H19BrINO4/c1-33-25-14-18(12-23(29)26(25)34-16-17-5-4-8-22(30)11-17)13-24-28(32)35-27(31-24)21-10-9-19-6-2-3-7-20(19)15-21/h2-15H,16H2,1H3/b24-13-. The van der Waals surface area contributed by atoms with E-state index in [2.05, 4.69) is 49.6 Å². The van der Waals surface area contributed by atoms with Gasteiger partial charge in [-0.2, -0.15) is 0 Å². The molecule has 4 aromatic rings. The summed E-state index contributed by atoms with van der Waals surface area (Å²) in [4.78, 5) is 17.0. The number of benzene rings is 4. The lowest BCUT2D eigenvalue weighted by Crippen LogP contribution is -2.05. The van der Waals surface area contributed by atoms with Crippen LogP contribution in [0.3, 0.4) is 0 Å². The van der Waals surface area contributed by atoms with E-state index >= 15 is 0 Å². The Bertz CT molecular complexity index is 1510. The normalized spacial score (nSPS) is 14.2. The molecular formula is C28H19BrINO4. The molecular weight excluding hydrogens is 621 g/mol. The molecule has 0 N–H and O–H groups in total. The van der Waals surface area contributed by atoms with E-state index in [1.807, 2.05) is 66.7 Å². The molecule has 0 fully saturated rings. The van der Waals surface area contributed by atoms with Crippen molar-refractivity contribution in [2.75, 3.05) is 7.11 Å². The molecule has 174 valence electrons. The van der Waals surface area contributed by atoms with E-state index in [0.29, 0.717) is 22.6 Å². The molecule has 5 nitrogen and oxygen atoms in total. The minimum absolute atomic E-state index is 0.217. The second-order valence-corrected chi connectivity index (χ2v) is 9.95. The van der Waals surface area contributed by atoms with Gasteiger partial charge in [-0.25, -0.2) is 9.79 Å². The van der Waals surface area contributed by atoms with Crippen LogP contribution in [-0.2, 0) is 16.1 Å². The second kappa shape index (κ2) is 10.2. The smallest absolute Gasteiger partial charge is 0.363 e. The third-order valence-corrected chi connectivity index (χ3v) is 6.70. The van der Waals surface area contributed by atoms with Gasteiger partial charge in [0.25, 0.3) is 0 Å². The maximum atomic E-state index is 12.5. The van der Waals surface area contributed by atoms with Crippen LogP contribution in [0.5, 0.6) is 11.5 Å². The van der Waals surface area contributed by atoms with Crippen LogP contribution in [0.1, 0.15) is 16.7 Å². The first kappa shape index (κ1) is 23.6. The summed E-state index contributed by atoms with van der Waals surface area (Å²) in [5.74, 6) is 0.919. The van der Waals surface area contributed by atoms with Gasteiger partial charge in [0.05, 0.1) is 11.6 Å². The van der Waals surface area contributed by atoms with Gasteiger partial charge in [0, 0.05) is 9.13 Å². The number of cyclic esters (lactones) is 1. The molecule has 35 heavy (non-hydrogen) atoms. The number of hydrogen-bond acceptors (Lipinski definition) is 5. The highest BCUT2D eigenvalue weighted by atomic mass is 127. The third kappa shape index (κ3) is 5.26. The fourth-order valence-electron chi connectivity index (χ4n) is 3.76. The molecule has 0 bridgehead atoms. The molecule has 0 aliphatic carbocycles. The molecule has 4 aromatic carbocycles. The van der Waals surface area contributed by atoms with Gasteiger partial charge in [0.2, 0.25) is 5.90 Å². The van der Waals surface area contributed by atoms with Gasteiger partial charge < -0.3 is 14.2 Å². The van der Waals surface area contributed by atoms with E-state index in [4.69, 9.17) is 14.2 Å². The summed E-state index contributed by atoms with van der Waals surface area (Å²) >= 11 is 5.85. The molecule has 0 saturated carbocycles. The van der Waals surface area contributed by atoms with Crippen LogP contribution in [0.25, 0.3) is 16.8 Å². The van der Waals surface area contributed by atoms with Crippen LogP contribution in [-0.4, -0.2) is 19.0 Å². The first-order valence-corrected chi connectivity index (χ1v) is 12.6. The zero-order valence-electron chi connectivity index (χ0n) is 18.6. The van der Waals surface area contributed by atoms with Gasteiger partial charge in [-0.05, 0) is 103 Å². The Morgan fingerprint density at radius 2 is 1.83 bits per heavy atom. The van der Waals surface area contributed by atoms with Crippen molar-refractivity contribution in [2.24, 2.45) is 4.99 Å². The van der Waals surface area contributed by atoms with Crippen molar-refractivity contribution in [1.82, 2.24) is 0 Å². The zero-order valence-corrected chi connectivity index (χ0v) is 22.4. The Labute approximate surface area is 224 Å². The van der Waals surface area contributed by atoms with E-state index in [-0.39, 0.29) is 11.6 Å². The highest BCUT2D eigenvalue weighted by molar-refractivity contribution is 14.1. The zero-order chi connectivity index (χ0) is 24.4. The summed E-state index contributed by atoms with van der Waals surface area (Å²) in [6.07, 6.45) is 1.67. The Hall–Kier alpha value is -3.17. The number of carbonyl (C=O) groups is 1. The van der Waals surface area contributed by atoms with Crippen molar-refractivity contribution in [2.45, 2.75) is 6.61 Å². The molecule has 7 heteroatoms. The highest BCUT2D eigenvalue weighted by Gasteiger charge is 2.24. The summed E-state index contributed by atoms with van der Waals surface area (Å²) in [6.45, 7) is 0.401. The molecule has 1 aliphatic heterocycles. The molecule has 0 spiro atoms. The summed E-state index contributed by atoms with van der Waals surface area (Å²) < 4.78 is 18.9. The van der Waals surface area contributed by atoms with Gasteiger partial charge in [0.15, 0.2) is 17.2 Å². The van der Waals surface area contributed by atoms with E-state index in [9.17, 15) is 4.79 Å². The Morgan fingerprint density at radius 1 is 1.00 bits per heavy atom. The summed E-state index contributed by atoms with van der Waals surface area (Å²) in [5, 5.41) is 2.16. The second-order valence-electron chi connectivity index (χ2n) is 7.85. The van der Waals surface area contributed by atoms with Crippen LogP contribution in [0.2, 0.25) is 0 Å². The van der Waals surface area contributed by atoms with Gasteiger partial charge >= 0.3 is 5.97 Å². The summed E-state index contributed by atoms with van der Waals surface area (Å²) in [6, 6.07) is 25.6. The van der Waals surface area contributed by atoms with Crippen molar-refractivity contribution in [3.05, 3.63) is 109 Å². The fraction of sp³-hybridized carbons (Fsp3) is 0.0714. The SMILES string of the molecule is COc1cc(/C=C2\N=C(c3ccc4ccccc4c3)OC2=O)cc(Br)c1OCc1cccc(I)c1. The predicted molar refractivity (Wildman–Crippen MR) is 149 cm³/mol. The van der Waals surface area contributed by atoms with Gasteiger partial charge in [-0.3, -0.25) is 0 Å². The number of methoxy groups -OCH3 is 1.